The number of esters is 1. The van der Waals surface area contributed by atoms with Gasteiger partial charge in [-0.2, -0.15) is 0 Å². The summed E-state index contributed by atoms with van der Waals surface area (Å²) in [5.41, 5.74) is 2.12. The number of ether oxygens (including phenoxy) is 4. The molecule has 3 rings (SSSR count). The molecule has 1 amide bonds. The summed E-state index contributed by atoms with van der Waals surface area (Å²) in [6.07, 6.45) is 0.777. The molecule has 0 aliphatic carbocycles. The van der Waals surface area contributed by atoms with Gasteiger partial charge in [0, 0.05) is 23.9 Å². The third-order valence-corrected chi connectivity index (χ3v) is 4.73. The largest absolute Gasteiger partial charge is 0.496 e. The van der Waals surface area contributed by atoms with Crippen molar-refractivity contribution >= 4 is 17.6 Å². The van der Waals surface area contributed by atoms with Crippen molar-refractivity contribution in [1.82, 2.24) is 0 Å². The molecule has 1 aliphatic heterocycles. The summed E-state index contributed by atoms with van der Waals surface area (Å²) in [7, 11) is 4.39. The number of nitrogens with zero attached hydrogens (tertiary/aromatic N) is 1. The first-order valence-electron chi connectivity index (χ1n) is 8.87. The second kappa shape index (κ2) is 8.21. The van der Waals surface area contributed by atoms with Gasteiger partial charge in [-0.05, 0) is 25.0 Å². The molecule has 2 aromatic rings. The molecule has 148 valence electrons. The number of hydrogen-bond acceptors (Lipinski definition) is 6. The van der Waals surface area contributed by atoms with Crippen LogP contribution >= 0.6 is 0 Å². The lowest BCUT2D eigenvalue weighted by Crippen LogP contribution is -2.38. The number of anilines is 1. The number of hydrogen-bond donors (Lipinski definition) is 0. The molecule has 0 spiro atoms. The van der Waals surface area contributed by atoms with E-state index in [9.17, 15) is 9.59 Å². The molecule has 28 heavy (non-hydrogen) atoms. The van der Waals surface area contributed by atoms with Crippen LogP contribution in [-0.2, 0) is 16.0 Å². The molecule has 7 nitrogen and oxygen atoms in total. The van der Waals surface area contributed by atoms with Crippen molar-refractivity contribution in [3.05, 3.63) is 47.5 Å². The number of para-hydroxylation sites is 1. The fourth-order valence-corrected chi connectivity index (χ4v) is 3.41. The van der Waals surface area contributed by atoms with Crippen molar-refractivity contribution in [2.24, 2.45) is 0 Å². The zero-order valence-electron chi connectivity index (χ0n) is 16.4. The molecule has 0 unspecified atom stereocenters. The monoisotopic (exact) mass is 385 g/mol. The van der Waals surface area contributed by atoms with E-state index in [1.807, 2.05) is 31.2 Å². The summed E-state index contributed by atoms with van der Waals surface area (Å²) in [5, 5.41) is 0. The molecular weight excluding hydrogens is 362 g/mol. The van der Waals surface area contributed by atoms with Crippen LogP contribution in [0.5, 0.6) is 17.2 Å². The van der Waals surface area contributed by atoms with Gasteiger partial charge in [-0.1, -0.05) is 18.2 Å². The van der Waals surface area contributed by atoms with E-state index in [1.165, 1.54) is 33.5 Å². The Balaban J connectivity index is 1.75. The van der Waals surface area contributed by atoms with Gasteiger partial charge in [0.15, 0.2) is 18.1 Å². The van der Waals surface area contributed by atoms with Crippen LogP contribution in [-0.4, -0.2) is 45.9 Å². The number of amides is 1. The first kappa shape index (κ1) is 19.5. The fraction of sp³-hybridized carbons (Fsp3) is 0.333. The maximum Gasteiger partial charge on any atom is 0.342 e. The Bertz CT molecular complexity index is 894. The standard InChI is InChI=1S/C21H23NO6/c1-13-9-14-7-5-6-8-16(14)22(13)20(23)12-28-21(24)15-10-18(26-3)19(27-4)11-17(15)25-2/h5-8,10-11,13H,9,12H2,1-4H3/t13-/m0/s1. The van der Waals surface area contributed by atoms with Gasteiger partial charge in [0.1, 0.15) is 11.3 Å². The van der Waals surface area contributed by atoms with Gasteiger partial charge in [-0.3, -0.25) is 4.79 Å². The van der Waals surface area contributed by atoms with Crippen LogP contribution in [0.2, 0.25) is 0 Å². The molecule has 2 aromatic carbocycles. The summed E-state index contributed by atoms with van der Waals surface area (Å²) in [6, 6.07) is 10.8. The van der Waals surface area contributed by atoms with Gasteiger partial charge in [-0.15, -0.1) is 0 Å². The van der Waals surface area contributed by atoms with Crippen molar-refractivity contribution in [3.8, 4) is 17.2 Å². The maximum atomic E-state index is 12.7. The highest BCUT2D eigenvalue weighted by atomic mass is 16.5. The molecule has 0 N–H and O–H groups in total. The maximum absolute atomic E-state index is 12.7. The normalized spacial score (nSPS) is 15.0. The van der Waals surface area contributed by atoms with Crippen LogP contribution in [0.15, 0.2) is 36.4 Å². The lowest BCUT2D eigenvalue weighted by Gasteiger charge is -2.22. The summed E-state index contributed by atoms with van der Waals surface area (Å²) < 4.78 is 21.0. The van der Waals surface area contributed by atoms with Gasteiger partial charge in [0.25, 0.3) is 5.91 Å². The van der Waals surface area contributed by atoms with Crippen LogP contribution in [0.25, 0.3) is 0 Å². The summed E-state index contributed by atoms with van der Waals surface area (Å²) in [5.74, 6) is 0.115. The number of benzene rings is 2. The first-order valence-corrected chi connectivity index (χ1v) is 8.87. The Morgan fingerprint density at radius 3 is 2.32 bits per heavy atom. The lowest BCUT2D eigenvalue weighted by atomic mass is 10.1. The Kier molecular flexibility index (Phi) is 5.73. The summed E-state index contributed by atoms with van der Waals surface area (Å²) in [4.78, 5) is 26.9. The Morgan fingerprint density at radius 2 is 1.64 bits per heavy atom. The highest BCUT2D eigenvalue weighted by molar-refractivity contribution is 6.00. The van der Waals surface area contributed by atoms with Crippen LogP contribution < -0.4 is 19.1 Å². The van der Waals surface area contributed by atoms with Crippen LogP contribution in [0.4, 0.5) is 5.69 Å². The quantitative estimate of drug-likeness (QED) is 0.712. The molecule has 1 heterocycles. The molecule has 0 radical (unpaired) electrons. The number of rotatable bonds is 6. The van der Waals surface area contributed by atoms with E-state index in [2.05, 4.69) is 0 Å². The molecule has 0 saturated carbocycles. The number of methoxy groups -OCH3 is 3. The van der Waals surface area contributed by atoms with Crippen LogP contribution in [0.3, 0.4) is 0 Å². The molecule has 1 aliphatic rings. The highest BCUT2D eigenvalue weighted by Gasteiger charge is 2.31. The Hall–Kier alpha value is -3.22. The van der Waals surface area contributed by atoms with Crippen LogP contribution in [0.1, 0.15) is 22.8 Å². The third kappa shape index (κ3) is 3.60. The Morgan fingerprint density at radius 1 is 1.00 bits per heavy atom. The minimum absolute atomic E-state index is 0.0132. The molecule has 0 saturated heterocycles. The average molecular weight is 385 g/mol. The molecule has 7 heteroatoms. The average Bonchev–Trinajstić information content (AvgIpc) is 3.06. The second-order valence-corrected chi connectivity index (χ2v) is 6.43. The van der Waals surface area contributed by atoms with Crippen LogP contribution in [0, 0.1) is 0 Å². The molecule has 1 atom stereocenters. The van der Waals surface area contributed by atoms with E-state index in [4.69, 9.17) is 18.9 Å². The van der Waals surface area contributed by atoms with Crippen molar-refractivity contribution in [1.29, 1.82) is 0 Å². The van der Waals surface area contributed by atoms with Crippen molar-refractivity contribution in [2.75, 3.05) is 32.8 Å². The van der Waals surface area contributed by atoms with Gasteiger partial charge < -0.3 is 23.8 Å². The number of carbonyl (C=O) groups is 2. The summed E-state index contributed by atoms with van der Waals surface area (Å²) >= 11 is 0. The third-order valence-electron chi connectivity index (χ3n) is 4.73. The lowest BCUT2D eigenvalue weighted by molar-refractivity contribution is -0.122. The highest BCUT2D eigenvalue weighted by Crippen LogP contribution is 2.35. The minimum Gasteiger partial charge on any atom is -0.496 e. The van der Waals surface area contributed by atoms with Crippen molar-refractivity contribution in [3.63, 3.8) is 0 Å². The van der Waals surface area contributed by atoms with E-state index >= 15 is 0 Å². The smallest absolute Gasteiger partial charge is 0.342 e. The van der Waals surface area contributed by atoms with Gasteiger partial charge in [0.2, 0.25) is 0 Å². The predicted molar refractivity (Wildman–Crippen MR) is 103 cm³/mol. The van der Waals surface area contributed by atoms with Gasteiger partial charge >= 0.3 is 5.97 Å². The van der Waals surface area contributed by atoms with E-state index in [-0.39, 0.29) is 29.9 Å². The zero-order chi connectivity index (χ0) is 20.3. The minimum atomic E-state index is -0.675. The predicted octanol–water partition coefficient (Wildman–Crippen LogP) is 2.85. The first-order chi connectivity index (χ1) is 13.5. The van der Waals surface area contributed by atoms with E-state index in [0.717, 1.165) is 17.7 Å². The fourth-order valence-electron chi connectivity index (χ4n) is 3.41. The van der Waals surface area contributed by atoms with Gasteiger partial charge in [-0.25, -0.2) is 4.79 Å². The SMILES string of the molecule is COc1cc(OC)c(C(=O)OCC(=O)N2c3ccccc3C[C@@H]2C)cc1OC. The Labute approximate surface area is 163 Å². The summed E-state index contributed by atoms with van der Waals surface area (Å²) in [6.45, 7) is 1.60. The number of carbonyl (C=O) groups excluding carboxylic acids is 2. The topological polar surface area (TPSA) is 74.3 Å². The van der Waals surface area contributed by atoms with E-state index < -0.39 is 5.97 Å². The number of fused-ring (bicyclic) bond motifs is 1. The second-order valence-electron chi connectivity index (χ2n) is 6.43. The van der Waals surface area contributed by atoms with E-state index in [0.29, 0.717) is 11.5 Å². The molecule has 0 fully saturated rings. The van der Waals surface area contributed by atoms with Crippen molar-refractivity contribution < 1.29 is 28.5 Å². The van der Waals surface area contributed by atoms with Crippen molar-refractivity contribution in [2.45, 2.75) is 19.4 Å². The zero-order valence-corrected chi connectivity index (χ0v) is 16.4. The molecular formula is C21H23NO6. The van der Waals surface area contributed by atoms with E-state index in [1.54, 1.807) is 4.90 Å². The molecule has 0 aromatic heterocycles. The van der Waals surface area contributed by atoms with Gasteiger partial charge in [0.05, 0.1) is 21.3 Å². The molecule has 0 bridgehead atoms.